The van der Waals surface area contributed by atoms with Gasteiger partial charge in [-0.25, -0.2) is 4.98 Å². The Morgan fingerprint density at radius 3 is 1.76 bits per heavy atom. The van der Waals surface area contributed by atoms with E-state index in [2.05, 4.69) is 114 Å². The second-order valence-corrected chi connectivity index (χ2v) is 11.2. The number of para-hydroxylation sites is 2. The molecule has 4 nitrogen and oxygen atoms in total. The fraction of sp³-hybridized carbons (Fsp3) is 0. The van der Waals surface area contributed by atoms with Crippen molar-refractivity contribution in [1.82, 2.24) is 4.98 Å². The van der Waals surface area contributed by atoms with Gasteiger partial charge in [0.15, 0.2) is 5.58 Å². The molecule has 0 aliphatic heterocycles. The molecular weight excluding hydrogens is 552 g/mol. The SMILES string of the molecule is c1ccc(-c2ccccc2-c2ccc(N(c3ccc4c(c3)oc3ccccc34)c3ccc4oc5ccccc5c4n3)cc2)cc1. The van der Waals surface area contributed by atoms with E-state index in [1.54, 1.807) is 0 Å². The van der Waals surface area contributed by atoms with E-state index in [0.717, 1.165) is 66.8 Å². The molecule has 0 saturated heterocycles. The number of aromatic nitrogens is 1. The van der Waals surface area contributed by atoms with E-state index in [4.69, 9.17) is 13.8 Å². The van der Waals surface area contributed by atoms with Crippen molar-refractivity contribution in [3.63, 3.8) is 0 Å². The van der Waals surface area contributed by atoms with Crippen LogP contribution < -0.4 is 4.90 Å². The van der Waals surface area contributed by atoms with Crippen LogP contribution in [0.1, 0.15) is 0 Å². The molecule has 0 saturated carbocycles. The van der Waals surface area contributed by atoms with Gasteiger partial charge in [0, 0.05) is 27.9 Å². The van der Waals surface area contributed by atoms with Gasteiger partial charge in [0.25, 0.3) is 0 Å². The first-order valence-electron chi connectivity index (χ1n) is 15.0. The summed E-state index contributed by atoms with van der Waals surface area (Å²) in [7, 11) is 0. The second kappa shape index (κ2) is 10.2. The van der Waals surface area contributed by atoms with Crippen LogP contribution in [0.4, 0.5) is 17.2 Å². The van der Waals surface area contributed by atoms with E-state index >= 15 is 0 Å². The van der Waals surface area contributed by atoms with E-state index in [-0.39, 0.29) is 0 Å². The number of hydrogen-bond acceptors (Lipinski definition) is 4. The molecule has 0 bridgehead atoms. The molecule has 0 spiro atoms. The highest BCUT2D eigenvalue weighted by molar-refractivity contribution is 6.06. The Labute approximate surface area is 259 Å². The zero-order valence-electron chi connectivity index (χ0n) is 24.2. The highest BCUT2D eigenvalue weighted by atomic mass is 16.3. The molecule has 0 radical (unpaired) electrons. The molecule has 3 heterocycles. The maximum Gasteiger partial charge on any atom is 0.154 e. The quantitative estimate of drug-likeness (QED) is 0.204. The van der Waals surface area contributed by atoms with Crippen molar-refractivity contribution in [3.05, 3.63) is 158 Å². The summed E-state index contributed by atoms with van der Waals surface area (Å²) in [4.78, 5) is 7.36. The molecule has 45 heavy (non-hydrogen) atoms. The van der Waals surface area contributed by atoms with Crippen molar-refractivity contribution in [2.45, 2.75) is 0 Å². The van der Waals surface area contributed by atoms with Crippen molar-refractivity contribution < 1.29 is 8.83 Å². The molecule has 9 aromatic rings. The molecule has 0 atom stereocenters. The fourth-order valence-electron chi connectivity index (χ4n) is 6.37. The van der Waals surface area contributed by atoms with Crippen molar-refractivity contribution in [3.8, 4) is 22.3 Å². The van der Waals surface area contributed by atoms with Crippen LogP contribution in [0.15, 0.2) is 167 Å². The van der Waals surface area contributed by atoms with Crippen LogP contribution in [0.3, 0.4) is 0 Å². The van der Waals surface area contributed by atoms with E-state index in [0.29, 0.717) is 0 Å². The fourth-order valence-corrected chi connectivity index (χ4v) is 6.37. The summed E-state index contributed by atoms with van der Waals surface area (Å²) in [6.45, 7) is 0. The summed E-state index contributed by atoms with van der Waals surface area (Å²) < 4.78 is 12.4. The number of rotatable bonds is 5. The average molecular weight is 579 g/mol. The zero-order valence-corrected chi connectivity index (χ0v) is 24.2. The van der Waals surface area contributed by atoms with E-state index in [9.17, 15) is 0 Å². The molecule has 0 aliphatic rings. The van der Waals surface area contributed by atoms with Gasteiger partial charge >= 0.3 is 0 Å². The minimum absolute atomic E-state index is 0.764. The third-order valence-corrected chi connectivity index (χ3v) is 8.50. The summed E-state index contributed by atoms with van der Waals surface area (Å²) in [6, 6.07) is 54.4. The Hall–Kier alpha value is -6.13. The molecular formula is C41H26N2O2. The standard InChI is InChI=1S/C41H26N2O2/c1-2-10-27(11-3-1)31-12-4-5-13-32(31)28-18-20-29(21-19-28)43(30-22-23-34-33-14-6-8-16-36(33)45-39(34)26-30)40-25-24-38-41(42-40)35-15-7-9-17-37(35)44-38/h1-26H. The van der Waals surface area contributed by atoms with E-state index in [1.165, 1.54) is 16.7 Å². The van der Waals surface area contributed by atoms with Crippen molar-refractivity contribution >= 4 is 61.2 Å². The minimum Gasteiger partial charge on any atom is -0.456 e. The number of hydrogen-bond donors (Lipinski definition) is 0. The smallest absolute Gasteiger partial charge is 0.154 e. The number of nitrogens with zero attached hydrogens (tertiary/aromatic N) is 2. The maximum absolute atomic E-state index is 6.30. The molecule has 4 heteroatoms. The molecule has 0 N–H and O–H groups in total. The monoisotopic (exact) mass is 578 g/mol. The van der Waals surface area contributed by atoms with Crippen LogP contribution in [0.2, 0.25) is 0 Å². The Bertz CT molecular complexity index is 2490. The van der Waals surface area contributed by atoms with Gasteiger partial charge < -0.3 is 8.83 Å². The molecule has 6 aromatic carbocycles. The first-order valence-corrected chi connectivity index (χ1v) is 15.0. The normalized spacial score (nSPS) is 11.6. The lowest BCUT2D eigenvalue weighted by Gasteiger charge is -2.24. The highest BCUT2D eigenvalue weighted by Crippen LogP contribution is 2.40. The van der Waals surface area contributed by atoms with Gasteiger partial charge in [-0.2, -0.15) is 0 Å². The van der Waals surface area contributed by atoms with Crippen molar-refractivity contribution in [1.29, 1.82) is 0 Å². The van der Waals surface area contributed by atoms with Gasteiger partial charge in [0.2, 0.25) is 0 Å². The third-order valence-electron chi connectivity index (χ3n) is 8.50. The van der Waals surface area contributed by atoms with Gasteiger partial charge in [-0.15, -0.1) is 0 Å². The minimum atomic E-state index is 0.764. The first kappa shape index (κ1) is 25.4. The summed E-state index contributed by atoms with van der Waals surface area (Å²) in [5, 5.41) is 3.19. The van der Waals surface area contributed by atoms with Gasteiger partial charge in [-0.1, -0.05) is 97.1 Å². The topological polar surface area (TPSA) is 42.4 Å². The summed E-state index contributed by atoms with van der Waals surface area (Å²) in [5.74, 6) is 0.793. The molecule has 212 valence electrons. The molecule has 0 unspecified atom stereocenters. The Morgan fingerprint density at radius 2 is 0.978 bits per heavy atom. The lowest BCUT2D eigenvalue weighted by molar-refractivity contribution is 0.667. The number of anilines is 3. The van der Waals surface area contributed by atoms with Crippen LogP contribution in [-0.2, 0) is 0 Å². The van der Waals surface area contributed by atoms with Gasteiger partial charge in [0.1, 0.15) is 28.1 Å². The summed E-state index contributed by atoms with van der Waals surface area (Å²) >= 11 is 0. The molecule has 0 amide bonds. The third kappa shape index (κ3) is 4.27. The largest absolute Gasteiger partial charge is 0.456 e. The predicted octanol–water partition coefficient (Wildman–Crippen LogP) is 11.7. The van der Waals surface area contributed by atoms with Crippen LogP contribution in [0.5, 0.6) is 0 Å². The van der Waals surface area contributed by atoms with Gasteiger partial charge in [0.05, 0.1) is 5.69 Å². The second-order valence-electron chi connectivity index (χ2n) is 11.2. The summed E-state index contributed by atoms with van der Waals surface area (Å²) in [6.07, 6.45) is 0. The van der Waals surface area contributed by atoms with Crippen LogP contribution in [-0.4, -0.2) is 4.98 Å². The molecule has 0 fully saturated rings. The van der Waals surface area contributed by atoms with Crippen LogP contribution >= 0.6 is 0 Å². The molecule has 9 rings (SSSR count). The number of pyridine rings is 1. The Kier molecular flexibility index (Phi) is 5.78. The Balaban J connectivity index is 1.20. The van der Waals surface area contributed by atoms with Crippen LogP contribution in [0.25, 0.3) is 66.3 Å². The van der Waals surface area contributed by atoms with Crippen molar-refractivity contribution in [2.24, 2.45) is 0 Å². The first-order chi connectivity index (χ1) is 22.3. The van der Waals surface area contributed by atoms with E-state index < -0.39 is 0 Å². The maximum atomic E-state index is 6.30. The summed E-state index contributed by atoms with van der Waals surface area (Å²) in [5.41, 5.74) is 10.8. The number of benzene rings is 6. The lowest BCUT2D eigenvalue weighted by Crippen LogP contribution is -2.11. The van der Waals surface area contributed by atoms with Crippen molar-refractivity contribution in [2.75, 3.05) is 4.90 Å². The van der Waals surface area contributed by atoms with Gasteiger partial charge in [-0.05, 0) is 76.9 Å². The van der Waals surface area contributed by atoms with E-state index in [1.807, 2.05) is 48.5 Å². The zero-order chi connectivity index (χ0) is 29.7. The molecule has 0 aliphatic carbocycles. The average Bonchev–Trinajstić information content (AvgIpc) is 3.67. The van der Waals surface area contributed by atoms with Gasteiger partial charge in [-0.3, -0.25) is 4.90 Å². The number of furan rings is 2. The van der Waals surface area contributed by atoms with Crippen LogP contribution in [0, 0.1) is 0 Å². The lowest BCUT2D eigenvalue weighted by atomic mass is 9.94. The predicted molar refractivity (Wildman–Crippen MR) is 184 cm³/mol. The Morgan fingerprint density at radius 1 is 0.400 bits per heavy atom. The number of fused-ring (bicyclic) bond motifs is 6. The molecule has 3 aromatic heterocycles. The highest BCUT2D eigenvalue weighted by Gasteiger charge is 2.19.